The maximum atomic E-state index is 6.59. The highest BCUT2D eigenvalue weighted by Crippen LogP contribution is 2.42. The van der Waals surface area contributed by atoms with E-state index in [-0.39, 0.29) is 5.60 Å². The van der Waals surface area contributed by atoms with Crippen molar-refractivity contribution < 1.29 is 4.74 Å². The Hall–Kier alpha value is -0.120. The van der Waals surface area contributed by atoms with E-state index in [4.69, 9.17) is 4.74 Å². The summed E-state index contributed by atoms with van der Waals surface area (Å²) in [6.45, 7) is 4.77. The SMILES string of the molecule is CNC(C)C1CCCCN1CC1CCC2(CCCCC2)O1. The summed E-state index contributed by atoms with van der Waals surface area (Å²) < 4.78 is 6.59. The first kappa shape index (κ1) is 15.8. The molecule has 2 heterocycles. The molecule has 1 aliphatic carbocycles. The third-order valence-electron chi connectivity index (χ3n) is 6.24. The molecule has 3 unspecified atom stereocenters. The molecule has 0 bridgehead atoms. The minimum absolute atomic E-state index is 0.281. The molecule has 3 nitrogen and oxygen atoms in total. The van der Waals surface area contributed by atoms with Gasteiger partial charge in [-0.15, -0.1) is 0 Å². The van der Waals surface area contributed by atoms with Gasteiger partial charge in [0, 0.05) is 18.6 Å². The van der Waals surface area contributed by atoms with Crippen LogP contribution in [0.1, 0.15) is 71.1 Å². The van der Waals surface area contributed by atoms with Crippen molar-refractivity contribution in [2.24, 2.45) is 0 Å². The van der Waals surface area contributed by atoms with Gasteiger partial charge in [-0.3, -0.25) is 4.90 Å². The average molecular weight is 294 g/mol. The van der Waals surface area contributed by atoms with Crippen molar-refractivity contribution in [1.82, 2.24) is 10.2 Å². The Kier molecular flexibility index (Phi) is 5.23. The third kappa shape index (κ3) is 3.62. The van der Waals surface area contributed by atoms with Crippen LogP contribution in [0.2, 0.25) is 0 Å². The lowest BCUT2D eigenvalue weighted by Gasteiger charge is -2.41. The van der Waals surface area contributed by atoms with Crippen LogP contribution in [0.25, 0.3) is 0 Å². The Morgan fingerprint density at radius 3 is 2.67 bits per heavy atom. The van der Waals surface area contributed by atoms with Crippen molar-refractivity contribution >= 4 is 0 Å². The predicted octanol–water partition coefficient (Wildman–Crippen LogP) is 3.33. The van der Waals surface area contributed by atoms with Crippen LogP contribution in [0.3, 0.4) is 0 Å². The van der Waals surface area contributed by atoms with Crippen LogP contribution >= 0.6 is 0 Å². The van der Waals surface area contributed by atoms with Crippen LogP contribution in [0.4, 0.5) is 0 Å². The Labute approximate surface area is 130 Å². The molecule has 0 amide bonds. The Morgan fingerprint density at radius 1 is 1.10 bits per heavy atom. The van der Waals surface area contributed by atoms with Gasteiger partial charge in [-0.2, -0.15) is 0 Å². The summed E-state index contributed by atoms with van der Waals surface area (Å²) in [5, 5.41) is 3.46. The first-order valence-electron chi connectivity index (χ1n) is 9.32. The number of nitrogens with zero attached hydrogens (tertiary/aromatic N) is 1. The number of hydrogen-bond donors (Lipinski definition) is 1. The molecule has 21 heavy (non-hydrogen) atoms. The summed E-state index contributed by atoms with van der Waals surface area (Å²) in [6.07, 6.45) is 14.0. The second-order valence-electron chi connectivity index (χ2n) is 7.66. The minimum Gasteiger partial charge on any atom is -0.370 e. The zero-order valence-corrected chi connectivity index (χ0v) is 14.1. The van der Waals surface area contributed by atoms with Crippen molar-refractivity contribution in [1.29, 1.82) is 0 Å². The molecule has 0 radical (unpaired) electrons. The predicted molar refractivity (Wildman–Crippen MR) is 87.7 cm³/mol. The molecule has 0 aromatic heterocycles. The molecule has 2 saturated heterocycles. The van der Waals surface area contributed by atoms with Crippen molar-refractivity contribution in [3.05, 3.63) is 0 Å². The van der Waals surface area contributed by atoms with E-state index in [2.05, 4.69) is 24.2 Å². The molecule has 3 heteroatoms. The van der Waals surface area contributed by atoms with E-state index in [9.17, 15) is 0 Å². The summed E-state index contributed by atoms with van der Waals surface area (Å²) in [5.74, 6) is 0. The smallest absolute Gasteiger partial charge is 0.0710 e. The molecule has 3 fully saturated rings. The zero-order chi connectivity index (χ0) is 14.7. The topological polar surface area (TPSA) is 24.5 Å². The minimum atomic E-state index is 0.281. The standard InChI is InChI=1S/C18H34N2O/c1-15(19-2)17-8-4-7-13-20(17)14-16-9-12-18(21-16)10-5-3-6-11-18/h15-17,19H,3-14H2,1-2H3. The Balaban J connectivity index is 1.55. The first-order valence-corrected chi connectivity index (χ1v) is 9.32. The van der Waals surface area contributed by atoms with Gasteiger partial charge in [0.25, 0.3) is 0 Å². The molecule has 0 aromatic rings. The van der Waals surface area contributed by atoms with Crippen LogP contribution < -0.4 is 5.32 Å². The zero-order valence-electron chi connectivity index (χ0n) is 14.1. The number of hydrogen-bond acceptors (Lipinski definition) is 3. The molecular weight excluding hydrogens is 260 g/mol. The van der Waals surface area contributed by atoms with E-state index >= 15 is 0 Å². The van der Waals surface area contributed by atoms with E-state index in [1.165, 1.54) is 77.3 Å². The molecule has 1 saturated carbocycles. The fraction of sp³-hybridized carbons (Fsp3) is 1.00. The molecule has 1 N–H and O–H groups in total. The van der Waals surface area contributed by atoms with Gasteiger partial charge >= 0.3 is 0 Å². The largest absolute Gasteiger partial charge is 0.370 e. The van der Waals surface area contributed by atoms with Gasteiger partial charge in [-0.05, 0) is 59.0 Å². The van der Waals surface area contributed by atoms with Gasteiger partial charge in [-0.1, -0.05) is 25.7 Å². The summed E-state index contributed by atoms with van der Waals surface area (Å²) in [7, 11) is 2.10. The van der Waals surface area contributed by atoms with Crippen LogP contribution in [0.15, 0.2) is 0 Å². The molecule has 3 rings (SSSR count). The van der Waals surface area contributed by atoms with Crippen molar-refractivity contribution in [2.75, 3.05) is 20.1 Å². The maximum Gasteiger partial charge on any atom is 0.0710 e. The van der Waals surface area contributed by atoms with Crippen molar-refractivity contribution in [2.45, 2.75) is 94.9 Å². The highest BCUT2D eigenvalue weighted by atomic mass is 16.5. The van der Waals surface area contributed by atoms with E-state index in [0.717, 1.165) is 0 Å². The van der Waals surface area contributed by atoms with E-state index < -0.39 is 0 Å². The quantitative estimate of drug-likeness (QED) is 0.861. The molecule has 122 valence electrons. The van der Waals surface area contributed by atoms with E-state index in [0.29, 0.717) is 18.2 Å². The second-order valence-corrected chi connectivity index (χ2v) is 7.66. The molecule has 2 aliphatic heterocycles. The highest BCUT2D eigenvalue weighted by molar-refractivity contribution is 4.93. The molecular formula is C18H34N2O. The molecule has 3 aliphatic rings. The number of ether oxygens (including phenoxy) is 1. The number of piperidine rings is 1. The van der Waals surface area contributed by atoms with Gasteiger partial charge < -0.3 is 10.1 Å². The molecule has 1 spiro atoms. The maximum absolute atomic E-state index is 6.59. The second kappa shape index (κ2) is 6.97. The molecule has 0 aromatic carbocycles. The van der Waals surface area contributed by atoms with Gasteiger partial charge in [-0.25, -0.2) is 0 Å². The van der Waals surface area contributed by atoms with Gasteiger partial charge in [0.05, 0.1) is 11.7 Å². The summed E-state index contributed by atoms with van der Waals surface area (Å²) in [6, 6.07) is 1.30. The van der Waals surface area contributed by atoms with Crippen molar-refractivity contribution in [3.63, 3.8) is 0 Å². The molecule has 3 atom stereocenters. The normalized spacial score (nSPS) is 35.1. The summed E-state index contributed by atoms with van der Waals surface area (Å²) >= 11 is 0. The Bertz CT molecular complexity index is 327. The fourth-order valence-electron chi connectivity index (χ4n) is 4.85. The monoisotopic (exact) mass is 294 g/mol. The highest BCUT2D eigenvalue weighted by Gasteiger charge is 2.42. The van der Waals surface area contributed by atoms with Crippen LogP contribution in [0.5, 0.6) is 0 Å². The summed E-state index contributed by atoms with van der Waals surface area (Å²) in [5.41, 5.74) is 0.281. The summed E-state index contributed by atoms with van der Waals surface area (Å²) in [4.78, 5) is 2.72. The van der Waals surface area contributed by atoms with Crippen LogP contribution in [-0.2, 0) is 4.74 Å². The van der Waals surface area contributed by atoms with E-state index in [1.807, 2.05) is 0 Å². The van der Waals surface area contributed by atoms with Gasteiger partial charge in [0.2, 0.25) is 0 Å². The lowest BCUT2D eigenvalue weighted by Crippen LogP contribution is -2.52. The number of likely N-dealkylation sites (N-methyl/N-ethyl adjacent to an activating group) is 1. The van der Waals surface area contributed by atoms with Crippen LogP contribution in [0, 0.1) is 0 Å². The average Bonchev–Trinajstić information content (AvgIpc) is 2.90. The van der Waals surface area contributed by atoms with Crippen LogP contribution in [-0.4, -0.2) is 48.8 Å². The first-order chi connectivity index (χ1) is 10.2. The lowest BCUT2D eigenvalue weighted by molar-refractivity contribution is -0.0777. The number of rotatable bonds is 4. The lowest BCUT2D eigenvalue weighted by atomic mass is 9.83. The van der Waals surface area contributed by atoms with Gasteiger partial charge in [0.15, 0.2) is 0 Å². The number of nitrogens with one attached hydrogen (secondary N) is 1. The fourth-order valence-corrected chi connectivity index (χ4v) is 4.85. The number of likely N-dealkylation sites (tertiary alicyclic amines) is 1. The van der Waals surface area contributed by atoms with Gasteiger partial charge in [0.1, 0.15) is 0 Å². The Morgan fingerprint density at radius 2 is 1.90 bits per heavy atom. The third-order valence-corrected chi connectivity index (χ3v) is 6.24. The van der Waals surface area contributed by atoms with Crippen molar-refractivity contribution in [3.8, 4) is 0 Å². The van der Waals surface area contributed by atoms with E-state index in [1.54, 1.807) is 0 Å².